The lowest BCUT2D eigenvalue weighted by atomic mass is 10.2. The van der Waals surface area contributed by atoms with Crippen molar-refractivity contribution >= 4 is 11.8 Å². The molecule has 3 aromatic rings. The van der Waals surface area contributed by atoms with Gasteiger partial charge in [-0.05, 0) is 50.6 Å². The van der Waals surface area contributed by atoms with Crippen LogP contribution >= 0.6 is 0 Å². The smallest absolute Gasteiger partial charge is 0.276 e. The SMILES string of the molecule is Cc1cccc(OCC(=O)NNC(=O)c2c(C)nn(-c3ccccc3)c2C)c1. The lowest BCUT2D eigenvalue weighted by molar-refractivity contribution is -0.123. The first-order chi connectivity index (χ1) is 13.5. The van der Waals surface area contributed by atoms with E-state index in [1.807, 2.05) is 62.4 Å². The van der Waals surface area contributed by atoms with Crippen LogP contribution < -0.4 is 15.6 Å². The van der Waals surface area contributed by atoms with E-state index in [9.17, 15) is 9.59 Å². The van der Waals surface area contributed by atoms with Gasteiger partial charge in [-0.15, -0.1) is 0 Å². The predicted molar refractivity (Wildman–Crippen MR) is 105 cm³/mol. The number of benzene rings is 2. The number of nitrogens with one attached hydrogen (secondary N) is 2. The number of aromatic nitrogens is 2. The van der Waals surface area contributed by atoms with Crippen LogP contribution in [0.1, 0.15) is 27.3 Å². The first-order valence-corrected chi connectivity index (χ1v) is 8.86. The molecule has 7 heteroatoms. The Morgan fingerprint density at radius 3 is 2.46 bits per heavy atom. The van der Waals surface area contributed by atoms with Gasteiger partial charge in [-0.2, -0.15) is 5.10 Å². The molecule has 0 saturated heterocycles. The van der Waals surface area contributed by atoms with Gasteiger partial charge < -0.3 is 4.74 Å². The van der Waals surface area contributed by atoms with Gasteiger partial charge in [0, 0.05) is 0 Å². The van der Waals surface area contributed by atoms with E-state index >= 15 is 0 Å². The van der Waals surface area contributed by atoms with Gasteiger partial charge in [0.2, 0.25) is 0 Å². The molecule has 3 rings (SSSR count). The summed E-state index contributed by atoms with van der Waals surface area (Å²) in [5, 5.41) is 4.43. The van der Waals surface area contributed by atoms with Crippen LogP contribution in [0.2, 0.25) is 0 Å². The Morgan fingerprint density at radius 2 is 1.75 bits per heavy atom. The van der Waals surface area contributed by atoms with Gasteiger partial charge in [-0.3, -0.25) is 20.4 Å². The maximum atomic E-state index is 12.5. The first kappa shape index (κ1) is 19.2. The average molecular weight is 378 g/mol. The van der Waals surface area contributed by atoms with Crippen LogP contribution in [0.3, 0.4) is 0 Å². The molecule has 1 heterocycles. The number of hydrazine groups is 1. The summed E-state index contributed by atoms with van der Waals surface area (Å²) in [5.74, 6) is -0.293. The third-order valence-corrected chi connectivity index (χ3v) is 4.19. The number of nitrogens with zero attached hydrogens (tertiary/aromatic N) is 2. The number of carbonyl (C=O) groups excluding carboxylic acids is 2. The summed E-state index contributed by atoms with van der Waals surface area (Å²) < 4.78 is 7.12. The first-order valence-electron chi connectivity index (χ1n) is 8.86. The van der Waals surface area contributed by atoms with Gasteiger partial charge >= 0.3 is 0 Å². The fourth-order valence-electron chi connectivity index (χ4n) is 2.87. The van der Waals surface area contributed by atoms with Gasteiger partial charge in [0.05, 0.1) is 22.6 Å². The highest BCUT2D eigenvalue weighted by molar-refractivity contribution is 5.97. The molecule has 1 aromatic heterocycles. The monoisotopic (exact) mass is 378 g/mol. The van der Waals surface area contributed by atoms with Crippen LogP contribution in [0, 0.1) is 20.8 Å². The van der Waals surface area contributed by atoms with E-state index in [4.69, 9.17) is 4.74 Å². The van der Waals surface area contributed by atoms with Crippen molar-refractivity contribution in [1.82, 2.24) is 20.6 Å². The minimum absolute atomic E-state index is 0.203. The molecular weight excluding hydrogens is 356 g/mol. The van der Waals surface area contributed by atoms with Gasteiger partial charge in [0.15, 0.2) is 6.61 Å². The number of rotatable bonds is 5. The van der Waals surface area contributed by atoms with Crippen molar-refractivity contribution in [3.63, 3.8) is 0 Å². The third-order valence-electron chi connectivity index (χ3n) is 4.19. The van der Waals surface area contributed by atoms with Crippen molar-refractivity contribution in [2.24, 2.45) is 0 Å². The summed E-state index contributed by atoms with van der Waals surface area (Å²) in [6.07, 6.45) is 0. The fraction of sp³-hybridized carbons (Fsp3) is 0.190. The number of para-hydroxylation sites is 1. The summed E-state index contributed by atoms with van der Waals surface area (Å²) in [5.41, 5.74) is 8.36. The lowest BCUT2D eigenvalue weighted by Crippen LogP contribution is -2.44. The second-order valence-corrected chi connectivity index (χ2v) is 6.40. The van der Waals surface area contributed by atoms with Crippen molar-refractivity contribution in [2.45, 2.75) is 20.8 Å². The molecule has 0 spiro atoms. The van der Waals surface area contributed by atoms with Crippen molar-refractivity contribution in [3.8, 4) is 11.4 Å². The lowest BCUT2D eigenvalue weighted by Gasteiger charge is -2.09. The van der Waals surface area contributed by atoms with Crippen molar-refractivity contribution in [1.29, 1.82) is 0 Å². The Balaban J connectivity index is 1.60. The fourth-order valence-corrected chi connectivity index (χ4v) is 2.87. The van der Waals surface area contributed by atoms with E-state index in [1.54, 1.807) is 17.7 Å². The summed E-state index contributed by atoms with van der Waals surface area (Å²) in [6, 6.07) is 16.9. The normalized spacial score (nSPS) is 10.4. The molecule has 7 nitrogen and oxygen atoms in total. The number of hydrogen-bond donors (Lipinski definition) is 2. The highest BCUT2D eigenvalue weighted by Gasteiger charge is 2.19. The standard InChI is InChI=1S/C21H22N4O3/c1-14-8-7-11-18(12-14)28-13-19(26)22-23-21(27)20-15(2)24-25(16(20)3)17-9-5-4-6-10-17/h4-12H,13H2,1-3H3,(H,22,26)(H,23,27). The van der Waals surface area contributed by atoms with Crippen LogP contribution in [-0.4, -0.2) is 28.2 Å². The van der Waals surface area contributed by atoms with Crippen molar-refractivity contribution in [3.05, 3.63) is 77.1 Å². The topological polar surface area (TPSA) is 85.2 Å². The second-order valence-electron chi connectivity index (χ2n) is 6.40. The van der Waals surface area contributed by atoms with Crippen LogP contribution in [0.15, 0.2) is 54.6 Å². The summed E-state index contributed by atoms with van der Waals surface area (Å²) in [6.45, 7) is 5.30. The maximum absolute atomic E-state index is 12.5. The zero-order chi connectivity index (χ0) is 20.1. The van der Waals surface area contributed by atoms with Gasteiger partial charge in [-0.25, -0.2) is 4.68 Å². The highest BCUT2D eigenvalue weighted by Crippen LogP contribution is 2.17. The number of aryl methyl sites for hydroxylation is 2. The van der Waals surface area contributed by atoms with Gasteiger partial charge in [0.25, 0.3) is 11.8 Å². The molecule has 2 amide bonds. The van der Waals surface area contributed by atoms with Crippen molar-refractivity contribution < 1.29 is 14.3 Å². The minimum Gasteiger partial charge on any atom is -0.484 e. The Labute approximate surface area is 163 Å². The third kappa shape index (κ3) is 4.37. The molecule has 0 bridgehead atoms. The molecule has 2 aromatic carbocycles. The summed E-state index contributed by atoms with van der Waals surface area (Å²) >= 11 is 0. The Kier molecular flexibility index (Phi) is 5.74. The minimum atomic E-state index is -0.458. The molecule has 0 radical (unpaired) electrons. The van der Waals surface area contributed by atoms with E-state index < -0.39 is 11.8 Å². The van der Waals surface area contributed by atoms with Crippen molar-refractivity contribution in [2.75, 3.05) is 6.61 Å². The molecule has 0 aliphatic rings. The molecule has 0 atom stereocenters. The maximum Gasteiger partial charge on any atom is 0.276 e. The van der Waals surface area contributed by atoms with E-state index in [-0.39, 0.29) is 6.61 Å². The number of hydrogen-bond acceptors (Lipinski definition) is 4. The zero-order valence-corrected chi connectivity index (χ0v) is 16.0. The molecule has 0 fully saturated rings. The molecule has 0 aliphatic carbocycles. The Bertz CT molecular complexity index is 996. The van der Waals surface area contributed by atoms with Crippen LogP contribution in [0.25, 0.3) is 5.69 Å². The number of amides is 2. The molecule has 0 unspecified atom stereocenters. The zero-order valence-electron chi connectivity index (χ0n) is 16.0. The largest absolute Gasteiger partial charge is 0.484 e. The Morgan fingerprint density at radius 1 is 1.00 bits per heavy atom. The molecule has 0 aliphatic heterocycles. The number of carbonyl (C=O) groups is 2. The van der Waals surface area contributed by atoms with Crippen LogP contribution in [-0.2, 0) is 4.79 Å². The molecular formula is C21H22N4O3. The van der Waals surface area contributed by atoms with Gasteiger partial charge in [-0.1, -0.05) is 30.3 Å². The van der Waals surface area contributed by atoms with Gasteiger partial charge in [0.1, 0.15) is 5.75 Å². The van der Waals surface area contributed by atoms with Crippen LogP contribution in [0.4, 0.5) is 0 Å². The van der Waals surface area contributed by atoms with E-state index in [0.29, 0.717) is 22.7 Å². The predicted octanol–water partition coefficient (Wildman–Crippen LogP) is 2.64. The molecule has 144 valence electrons. The average Bonchev–Trinajstić information content (AvgIpc) is 2.99. The van der Waals surface area contributed by atoms with E-state index in [2.05, 4.69) is 16.0 Å². The molecule has 28 heavy (non-hydrogen) atoms. The second kappa shape index (κ2) is 8.39. The summed E-state index contributed by atoms with van der Waals surface area (Å²) in [4.78, 5) is 24.5. The van der Waals surface area contributed by atoms with E-state index in [1.165, 1.54) is 0 Å². The number of ether oxygens (including phenoxy) is 1. The quantitative estimate of drug-likeness (QED) is 0.669. The molecule has 2 N–H and O–H groups in total. The Hall–Kier alpha value is -3.61. The van der Waals surface area contributed by atoms with Crippen LogP contribution in [0.5, 0.6) is 5.75 Å². The molecule has 0 saturated carbocycles. The van der Waals surface area contributed by atoms with E-state index in [0.717, 1.165) is 11.3 Å². The highest BCUT2D eigenvalue weighted by atomic mass is 16.5. The summed E-state index contributed by atoms with van der Waals surface area (Å²) in [7, 11) is 0.